The third-order valence-electron chi connectivity index (χ3n) is 3.71. The molecule has 0 bridgehead atoms. The van der Waals surface area contributed by atoms with Crippen molar-refractivity contribution in [3.05, 3.63) is 64.6 Å². The lowest BCUT2D eigenvalue weighted by molar-refractivity contribution is 0.416. The first-order chi connectivity index (χ1) is 11.7. The van der Waals surface area contributed by atoms with Gasteiger partial charge < -0.3 is 10.5 Å². The van der Waals surface area contributed by atoms with E-state index in [9.17, 15) is 5.26 Å². The number of halogens is 1. The summed E-state index contributed by atoms with van der Waals surface area (Å²) >= 11 is 3.53. The first-order valence-corrected chi connectivity index (χ1v) is 8.04. The van der Waals surface area contributed by atoms with Crippen molar-refractivity contribution in [2.24, 2.45) is 0 Å². The van der Waals surface area contributed by atoms with E-state index in [-0.39, 0.29) is 5.82 Å². The second kappa shape index (κ2) is 6.73. The van der Waals surface area contributed by atoms with Crippen LogP contribution in [0.15, 0.2) is 59.1 Å². The van der Waals surface area contributed by atoms with Crippen LogP contribution in [-0.2, 0) is 0 Å². The third kappa shape index (κ3) is 2.84. The summed E-state index contributed by atoms with van der Waals surface area (Å²) in [6.07, 6.45) is 0. The SMILES string of the molecule is COc1ccccc1-c1cc(-c2ccccc2Br)nc(N)c1C#N. The zero-order valence-corrected chi connectivity index (χ0v) is 14.5. The highest BCUT2D eigenvalue weighted by atomic mass is 79.9. The quantitative estimate of drug-likeness (QED) is 0.719. The van der Waals surface area contributed by atoms with Crippen molar-refractivity contribution >= 4 is 21.7 Å². The first kappa shape index (κ1) is 16.0. The lowest BCUT2D eigenvalue weighted by atomic mass is 9.97. The fourth-order valence-electron chi connectivity index (χ4n) is 2.57. The van der Waals surface area contributed by atoms with Gasteiger partial charge in [0.15, 0.2) is 0 Å². The Hall–Kier alpha value is -2.84. The lowest BCUT2D eigenvalue weighted by Gasteiger charge is -2.13. The molecule has 1 aromatic heterocycles. The summed E-state index contributed by atoms with van der Waals surface area (Å²) in [6.45, 7) is 0. The zero-order valence-electron chi connectivity index (χ0n) is 13.0. The molecule has 2 N–H and O–H groups in total. The van der Waals surface area contributed by atoms with E-state index in [1.165, 1.54) is 0 Å². The summed E-state index contributed by atoms with van der Waals surface area (Å²) in [5.41, 5.74) is 9.51. The summed E-state index contributed by atoms with van der Waals surface area (Å²) < 4.78 is 6.34. The van der Waals surface area contributed by atoms with Crippen LogP contribution in [0, 0.1) is 11.3 Å². The molecule has 0 aliphatic carbocycles. The van der Waals surface area contributed by atoms with Gasteiger partial charge in [-0.25, -0.2) is 4.98 Å². The predicted octanol–water partition coefficient (Wildman–Crippen LogP) is 4.64. The van der Waals surface area contributed by atoms with Crippen molar-refractivity contribution in [1.29, 1.82) is 5.26 Å². The van der Waals surface area contributed by atoms with E-state index >= 15 is 0 Å². The van der Waals surface area contributed by atoms with Crippen molar-refractivity contribution in [2.45, 2.75) is 0 Å². The summed E-state index contributed by atoms with van der Waals surface area (Å²) in [4.78, 5) is 4.40. The summed E-state index contributed by atoms with van der Waals surface area (Å²) in [5, 5.41) is 9.52. The number of nitrogen functional groups attached to an aromatic ring is 1. The average Bonchev–Trinajstić information content (AvgIpc) is 2.61. The molecule has 0 atom stereocenters. The summed E-state index contributed by atoms with van der Waals surface area (Å²) in [7, 11) is 1.60. The van der Waals surface area contributed by atoms with Gasteiger partial charge in [-0.3, -0.25) is 0 Å². The Morgan fingerprint density at radius 1 is 1.04 bits per heavy atom. The van der Waals surface area contributed by atoms with Crippen LogP contribution in [0.4, 0.5) is 5.82 Å². The maximum absolute atomic E-state index is 9.52. The topological polar surface area (TPSA) is 71.9 Å². The maximum atomic E-state index is 9.52. The largest absolute Gasteiger partial charge is 0.496 e. The van der Waals surface area contributed by atoms with Crippen LogP contribution in [-0.4, -0.2) is 12.1 Å². The Balaban J connectivity index is 2.30. The van der Waals surface area contributed by atoms with Crippen LogP contribution in [0.25, 0.3) is 22.4 Å². The molecule has 118 valence electrons. The lowest BCUT2D eigenvalue weighted by Crippen LogP contribution is -2.00. The molecule has 0 aliphatic rings. The fraction of sp³-hybridized carbons (Fsp3) is 0.0526. The highest BCUT2D eigenvalue weighted by molar-refractivity contribution is 9.10. The molecule has 0 aliphatic heterocycles. The van der Waals surface area contributed by atoms with Gasteiger partial charge in [0.2, 0.25) is 0 Å². The van der Waals surface area contributed by atoms with Crippen LogP contribution in [0.3, 0.4) is 0 Å². The second-order valence-electron chi connectivity index (χ2n) is 5.11. The molecule has 0 saturated heterocycles. The standard InChI is InChI=1S/C19H14BrN3O/c1-24-18-9-5-3-6-12(18)14-10-17(23-19(22)15(14)11-21)13-7-2-4-8-16(13)20/h2-10H,1H3,(H2,22,23). The van der Waals surface area contributed by atoms with E-state index in [1.807, 2.05) is 54.6 Å². The molecule has 2 aromatic carbocycles. The predicted molar refractivity (Wildman–Crippen MR) is 98.5 cm³/mol. The number of nitrogens with zero attached hydrogens (tertiary/aromatic N) is 2. The molecule has 3 rings (SSSR count). The van der Waals surface area contributed by atoms with E-state index in [2.05, 4.69) is 27.0 Å². The number of rotatable bonds is 3. The number of benzene rings is 2. The molecule has 5 heteroatoms. The van der Waals surface area contributed by atoms with Gasteiger partial charge in [0, 0.05) is 21.2 Å². The van der Waals surface area contributed by atoms with Gasteiger partial charge >= 0.3 is 0 Å². The van der Waals surface area contributed by atoms with Gasteiger partial charge in [0.05, 0.1) is 12.8 Å². The molecule has 0 fully saturated rings. The van der Waals surface area contributed by atoms with Gasteiger partial charge in [0.1, 0.15) is 23.2 Å². The number of para-hydroxylation sites is 1. The third-order valence-corrected chi connectivity index (χ3v) is 4.40. The van der Waals surface area contributed by atoms with Gasteiger partial charge in [-0.05, 0) is 18.2 Å². The summed E-state index contributed by atoms with van der Waals surface area (Å²) in [5.74, 6) is 0.879. The highest BCUT2D eigenvalue weighted by Crippen LogP contribution is 2.37. The van der Waals surface area contributed by atoms with Gasteiger partial charge in [-0.2, -0.15) is 5.26 Å². The minimum Gasteiger partial charge on any atom is -0.496 e. The molecule has 0 unspecified atom stereocenters. The van der Waals surface area contributed by atoms with E-state index in [1.54, 1.807) is 7.11 Å². The molecule has 0 amide bonds. The monoisotopic (exact) mass is 379 g/mol. The van der Waals surface area contributed by atoms with Crippen LogP contribution in [0.1, 0.15) is 5.56 Å². The number of aromatic nitrogens is 1. The van der Waals surface area contributed by atoms with E-state index in [0.717, 1.165) is 15.6 Å². The minimum atomic E-state index is 0.201. The molecule has 0 radical (unpaired) electrons. The van der Waals surface area contributed by atoms with Gasteiger partial charge in [-0.15, -0.1) is 0 Å². The smallest absolute Gasteiger partial charge is 0.142 e. The minimum absolute atomic E-state index is 0.201. The van der Waals surface area contributed by atoms with Crippen molar-refractivity contribution in [2.75, 3.05) is 12.8 Å². The summed E-state index contributed by atoms with van der Waals surface area (Å²) in [6, 6.07) is 19.3. The Labute approximate surface area is 148 Å². The molecular formula is C19H14BrN3O. The Morgan fingerprint density at radius 2 is 1.71 bits per heavy atom. The number of pyridine rings is 1. The number of ether oxygens (including phenoxy) is 1. The molecule has 24 heavy (non-hydrogen) atoms. The Morgan fingerprint density at radius 3 is 2.38 bits per heavy atom. The Kier molecular flexibility index (Phi) is 4.50. The van der Waals surface area contributed by atoms with E-state index in [0.29, 0.717) is 22.6 Å². The van der Waals surface area contributed by atoms with Crippen molar-refractivity contribution in [3.63, 3.8) is 0 Å². The van der Waals surface area contributed by atoms with Crippen molar-refractivity contribution in [3.8, 4) is 34.2 Å². The number of nitriles is 1. The van der Waals surface area contributed by atoms with E-state index < -0.39 is 0 Å². The molecule has 4 nitrogen and oxygen atoms in total. The Bertz CT molecular complexity index is 948. The maximum Gasteiger partial charge on any atom is 0.142 e. The molecule has 0 saturated carbocycles. The number of hydrogen-bond acceptors (Lipinski definition) is 4. The first-order valence-electron chi connectivity index (χ1n) is 7.24. The number of methoxy groups -OCH3 is 1. The molecule has 1 heterocycles. The molecule has 3 aromatic rings. The van der Waals surface area contributed by atoms with Crippen LogP contribution in [0.5, 0.6) is 5.75 Å². The fourth-order valence-corrected chi connectivity index (χ4v) is 3.06. The van der Waals surface area contributed by atoms with Gasteiger partial charge in [-0.1, -0.05) is 52.3 Å². The molecule has 0 spiro atoms. The van der Waals surface area contributed by atoms with Crippen molar-refractivity contribution in [1.82, 2.24) is 4.98 Å². The molecular weight excluding hydrogens is 366 g/mol. The van der Waals surface area contributed by atoms with Crippen LogP contribution in [0.2, 0.25) is 0 Å². The van der Waals surface area contributed by atoms with E-state index in [4.69, 9.17) is 10.5 Å². The highest BCUT2D eigenvalue weighted by Gasteiger charge is 2.17. The number of hydrogen-bond donors (Lipinski definition) is 1. The van der Waals surface area contributed by atoms with Crippen LogP contribution < -0.4 is 10.5 Å². The number of nitrogens with two attached hydrogens (primary N) is 1. The average molecular weight is 380 g/mol. The van der Waals surface area contributed by atoms with Crippen molar-refractivity contribution < 1.29 is 4.74 Å². The number of anilines is 1. The zero-order chi connectivity index (χ0) is 17.1. The normalized spacial score (nSPS) is 10.2. The van der Waals surface area contributed by atoms with Gasteiger partial charge in [0.25, 0.3) is 0 Å². The second-order valence-corrected chi connectivity index (χ2v) is 5.96. The van der Waals surface area contributed by atoms with Crippen LogP contribution >= 0.6 is 15.9 Å².